The summed E-state index contributed by atoms with van der Waals surface area (Å²) in [7, 11) is 1.67. The van der Waals surface area contributed by atoms with Crippen LogP contribution in [-0.2, 0) is 4.79 Å². The molecule has 0 amide bonds. The summed E-state index contributed by atoms with van der Waals surface area (Å²) >= 11 is 0. The van der Waals surface area contributed by atoms with Crippen molar-refractivity contribution in [2.45, 2.75) is 24.9 Å². The lowest BCUT2D eigenvalue weighted by atomic mass is 9.91. The third-order valence-electron chi connectivity index (χ3n) is 3.86. The highest BCUT2D eigenvalue weighted by Gasteiger charge is 2.35. The lowest BCUT2D eigenvalue weighted by molar-refractivity contribution is -0.124. The molecule has 2 heterocycles. The second kappa shape index (κ2) is 4.58. The maximum atomic E-state index is 11.8. The van der Waals surface area contributed by atoms with Crippen molar-refractivity contribution in [3.63, 3.8) is 0 Å². The van der Waals surface area contributed by atoms with Crippen LogP contribution in [0.2, 0.25) is 0 Å². The molecule has 2 aliphatic rings. The fourth-order valence-corrected chi connectivity index (χ4v) is 2.91. The number of nitrogens with zero attached hydrogens (tertiary/aromatic N) is 1. The zero-order chi connectivity index (χ0) is 12.5. The molecule has 1 saturated heterocycles. The molecule has 0 aliphatic carbocycles. The zero-order valence-electron chi connectivity index (χ0n) is 10.5. The first-order valence-electron chi connectivity index (χ1n) is 6.36. The number of Topliss-reactive ketones (excluding diaryl/α,β-unsaturated/α-hetero) is 1. The van der Waals surface area contributed by atoms with Crippen LogP contribution >= 0.6 is 0 Å². The number of hydrogen-bond acceptors (Lipinski definition) is 3. The Labute approximate surface area is 107 Å². The van der Waals surface area contributed by atoms with Crippen molar-refractivity contribution >= 4 is 5.78 Å². The third kappa shape index (κ3) is 1.95. The second-order valence-electron chi connectivity index (χ2n) is 4.93. The number of carbonyl (C=O) groups is 1. The number of ether oxygens (including phenoxy) is 1. The highest BCUT2D eigenvalue weighted by molar-refractivity contribution is 5.81. The maximum absolute atomic E-state index is 11.8. The summed E-state index contributed by atoms with van der Waals surface area (Å²) in [5.41, 5.74) is 1.21. The molecule has 0 saturated carbocycles. The Morgan fingerprint density at radius 2 is 2.00 bits per heavy atom. The summed E-state index contributed by atoms with van der Waals surface area (Å²) < 4.78 is 5.17. The molecular formula is C15H17NO2. The van der Waals surface area contributed by atoms with Gasteiger partial charge in [-0.2, -0.15) is 0 Å². The number of rotatable bonds is 2. The number of piperidine rings is 1. The molecule has 3 nitrogen and oxygen atoms in total. The summed E-state index contributed by atoms with van der Waals surface area (Å²) in [6.45, 7) is 0.953. The molecule has 0 N–H and O–H groups in total. The molecule has 1 aromatic rings. The van der Waals surface area contributed by atoms with Gasteiger partial charge in [-0.25, -0.2) is 0 Å². The average molecular weight is 243 g/mol. The van der Waals surface area contributed by atoms with Crippen molar-refractivity contribution in [3.8, 4) is 5.75 Å². The molecule has 0 bridgehead atoms. The van der Waals surface area contributed by atoms with Gasteiger partial charge in [0.25, 0.3) is 0 Å². The molecule has 0 aromatic heterocycles. The van der Waals surface area contributed by atoms with Gasteiger partial charge in [0, 0.05) is 31.5 Å². The maximum Gasteiger partial charge on any atom is 0.136 e. The average Bonchev–Trinajstić information content (AvgIpc) is 2.86. The van der Waals surface area contributed by atoms with Crippen LogP contribution in [0.1, 0.15) is 24.4 Å². The lowest BCUT2D eigenvalue weighted by Crippen LogP contribution is -2.41. The Morgan fingerprint density at radius 1 is 1.22 bits per heavy atom. The van der Waals surface area contributed by atoms with Crippen LogP contribution in [-0.4, -0.2) is 30.4 Å². The largest absolute Gasteiger partial charge is 0.497 e. The number of methoxy groups -OCH3 is 1. The van der Waals surface area contributed by atoms with Crippen molar-refractivity contribution in [2.24, 2.45) is 0 Å². The van der Waals surface area contributed by atoms with Gasteiger partial charge in [-0.3, -0.25) is 9.69 Å². The smallest absolute Gasteiger partial charge is 0.136 e. The minimum absolute atomic E-state index is 0.220. The van der Waals surface area contributed by atoms with Crippen LogP contribution in [0, 0.1) is 0 Å². The van der Waals surface area contributed by atoms with Crippen LogP contribution < -0.4 is 4.74 Å². The fourth-order valence-electron chi connectivity index (χ4n) is 2.91. The highest BCUT2D eigenvalue weighted by atomic mass is 16.5. The zero-order valence-corrected chi connectivity index (χ0v) is 10.5. The normalized spacial score (nSPS) is 27.3. The van der Waals surface area contributed by atoms with E-state index in [-0.39, 0.29) is 6.04 Å². The van der Waals surface area contributed by atoms with Gasteiger partial charge < -0.3 is 4.74 Å². The van der Waals surface area contributed by atoms with Gasteiger partial charge in [0.2, 0.25) is 0 Å². The Kier molecular flexibility index (Phi) is 2.92. The van der Waals surface area contributed by atoms with E-state index < -0.39 is 0 Å². The van der Waals surface area contributed by atoms with Crippen molar-refractivity contribution in [2.75, 3.05) is 13.7 Å². The van der Waals surface area contributed by atoms with E-state index in [2.05, 4.69) is 29.2 Å². The van der Waals surface area contributed by atoms with E-state index in [1.807, 2.05) is 12.1 Å². The van der Waals surface area contributed by atoms with Crippen molar-refractivity contribution in [3.05, 3.63) is 42.0 Å². The van der Waals surface area contributed by atoms with E-state index in [9.17, 15) is 4.79 Å². The number of fused-ring (bicyclic) bond motifs is 1. The highest BCUT2D eigenvalue weighted by Crippen LogP contribution is 2.35. The minimum atomic E-state index is 0.220. The van der Waals surface area contributed by atoms with E-state index >= 15 is 0 Å². The van der Waals surface area contributed by atoms with E-state index in [1.54, 1.807) is 7.11 Å². The first kappa shape index (κ1) is 11.5. The standard InChI is InChI=1S/C15H17NO2/c1-18-14-6-4-11(5-7-14)15-10-13(17)9-12-3-2-8-16(12)15/h2-7,12,15H,8-10H2,1H3/t12-,15+/m1/s1. The molecule has 3 heteroatoms. The van der Waals surface area contributed by atoms with Gasteiger partial charge in [0.15, 0.2) is 0 Å². The number of benzene rings is 1. The van der Waals surface area contributed by atoms with Gasteiger partial charge in [-0.1, -0.05) is 24.3 Å². The number of carbonyl (C=O) groups excluding carboxylic acids is 1. The first-order valence-corrected chi connectivity index (χ1v) is 6.36. The SMILES string of the molecule is COc1ccc([C@@H]2CC(=O)C[C@H]3C=CCN32)cc1. The Balaban J connectivity index is 1.87. The molecule has 0 unspecified atom stereocenters. The lowest BCUT2D eigenvalue weighted by Gasteiger charge is -2.37. The molecule has 1 fully saturated rings. The summed E-state index contributed by atoms with van der Waals surface area (Å²) in [5.74, 6) is 1.22. The van der Waals surface area contributed by atoms with Crippen LogP contribution in [0.4, 0.5) is 0 Å². The van der Waals surface area contributed by atoms with Crippen LogP contribution in [0.25, 0.3) is 0 Å². The Bertz CT molecular complexity index is 478. The van der Waals surface area contributed by atoms with Gasteiger partial charge >= 0.3 is 0 Å². The summed E-state index contributed by atoms with van der Waals surface area (Å²) in [5, 5.41) is 0. The number of hydrogen-bond donors (Lipinski definition) is 0. The summed E-state index contributed by atoms with van der Waals surface area (Å²) in [6, 6.07) is 8.59. The van der Waals surface area contributed by atoms with E-state index in [0.29, 0.717) is 24.7 Å². The first-order chi connectivity index (χ1) is 8.78. The second-order valence-corrected chi connectivity index (χ2v) is 4.93. The summed E-state index contributed by atoms with van der Waals surface area (Å²) in [4.78, 5) is 14.2. The van der Waals surface area contributed by atoms with Crippen LogP contribution in [0.3, 0.4) is 0 Å². The predicted molar refractivity (Wildman–Crippen MR) is 69.6 cm³/mol. The fraction of sp³-hybridized carbons (Fsp3) is 0.400. The minimum Gasteiger partial charge on any atom is -0.497 e. The van der Waals surface area contributed by atoms with Gasteiger partial charge in [-0.05, 0) is 17.7 Å². The molecule has 0 spiro atoms. The van der Waals surface area contributed by atoms with Crippen LogP contribution in [0.5, 0.6) is 5.75 Å². The molecule has 2 aliphatic heterocycles. The molecule has 2 atom stereocenters. The number of ketones is 1. The molecular weight excluding hydrogens is 226 g/mol. The van der Waals surface area contributed by atoms with Crippen molar-refractivity contribution in [1.29, 1.82) is 0 Å². The molecule has 1 aromatic carbocycles. The van der Waals surface area contributed by atoms with E-state index in [0.717, 1.165) is 12.3 Å². The third-order valence-corrected chi connectivity index (χ3v) is 3.86. The van der Waals surface area contributed by atoms with Crippen molar-refractivity contribution in [1.82, 2.24) is 4.90 Å². The predicted octanol–water partition coefficient (Wildman–Crippen LogP) is 2.34. The van der Waals surface area contributed by atoms with E-state index in [1.165, 1.54) is 5.56 Å². The molecule has 94 valence electrons. The van der Waals surface area contributed by atoms with Gasteiger partial charge in [-0.15, -0.1) is 0 Å². The monoisotopic (exact) mass is 243 g/mol. The molecule has 3 rings (SSSR count). The Morgan fingerprint density at radius 3 is 2.72 bits per heavy atom. The van der Waals surface area contributed by atoms with Gasteiger partial charge in [0.05, 0.1) is 7.11 Å². The van der Waals surface area contributed by atoms with Gasteiger partial charge in [0.1, 0.15) is 11.5 Å². The molecule has 18 heavy (non-hydrogen) atoms. The quantitative estimate of drug-likeness (QED) is 0.747. The summed E-state index contributed by atoms with van der Waals surface area (Å²) in [6.07, 6.45) is 5.63. The molecule has 0 radical (unpaired) electrons. The van der Waals surface area contributed by atoms with Crippen molar-refractivity contribution < 1.29 is 9.53 Å². The van der Waals surface area contributed by atoms with E-state index in [4.69, 9.17) is 4.74 Å². The Hall–Kier alpha value is -1.61. The van der Waals surface area contributed by atoms with Crippen LogP contribution in [0.15, 0.2) is 36.4 Å². The topological polar surface area (TPSA) is 29.5 Å².